The molecule has 0 spiro atoms. The molecule has 0 amide bonds. The zero-order valence-electron chi connectivity index (χ0n) is 7.84. The fourth-order valence-corrected chi connectivity index (χ4v) is 1.29. The van der Waals surface area contributed by atoms with Crippen LogP contribution in [0.3, 0.4) is 0 Å². The van der Waals surface area contributed by atoms with Gasteiger partial charge >= 0.3 is 0 Å². The molecule has 0 saturated carbocycles. The molecule has 1 aliphatic rings. The molecule has 0 radical (unpaired) electrons. The lowest BCUT2D eigenvalue weighted by Gasteiger charge is -2.23. The molecule has 76 valence electrons. The van der Waals surface area contributed by atoms with Gasteiger partial charge in [0.2, 0.25) is 6.04 Å². The number of rotatable bonds is 2. The summed E-state index contributed by atoms with van der Waals surface area (Å²) in [4.78, 5) is 19.9. The van der Waals surface area contributed by atoms with Crippen LogP contribution >= 0.6 is 0 Å². The number of allylic oxidation sites excluding steroid dienone is 1. The first-order valence-corrected chi connectivity index (χ1v) is 4.03. The van der Waals surface area contributed by atoms with Crippen LogP contribution in [0.2, 0.25) is 0 Å². The van der Waals surface area contributed by atoms with E-state index in [1.54, 1.807) is 13.8 Å². The van der Waals surface area contributed by atoms with Crippen LogP contribution in [0, 0.1) is 25.6 Å². The highest BCUT2D eigenvalue weighted by atomic mass is 16.6. The quantitative estimate of drug-likeness (QED) is 0.495. The Kier molecular flexibility index (Phi) is 2.37. The molecular formula is C8H10N2O4. The summed E-state index contributed by atoms with van der Waals surface area (Å²) in [5.74, 6) is 0. The van der Waals surface area contributed by atoms with Gasteiger partial charge in [0.15, 0.2) is 0 Å². The molecule has 1 unspecified atom stereocenters. The number of nitro groups is 2. The van der Waals surface area contributed by atoms with Gasteiger partial charge < -0.3 is 0 Å². The third-order valence-electron chi connectivity index (χ3n) is 2.21. The predicted molar refractivity (Wildman–Crippen MR) is 48.8 cm³/mol. The fourth-order valence-electron chi connectivity index (χ4n) is 1.29. The minimum Gasteiger partial charge on any atom is -0.264 e. The van der Waals surface area contributed by atoms with E-state index in [0.717, 1.165) is 6.08 Å². The summed E-state index contributed by atoms with van der Waals surface area (Å²) in [7, 11) is 0. The molecule has 6 heteroatoms. The van der Waals surface area contributed by atoms with Crippen molar-refractivity contribution < 1.29 is 9.85 Å². The minimum atomic E-state index is -1.03. The lowest BCUT2D eigenvalue weighted by atomic mass is 9.81. The van der Waals surface area contributed by atoms with Crippen LogP contribution < -0.4 is 0 Å². The lowest BCUT2D eigenvalue weighted by Crippen LogP contribution is -2.35. The molecule has 0 aromatic rings. The topological polar surface area (TPSA) is 86.3 Å². The SMILES string of the molecule is CC1(C)C=CC([N+](=O)[O-])=CC1[N+](=O)[O-]. The highest BCUT2D eigenvalue weighted by molar-refractivity contribution is 5.23. The molecule has 0 aliphatic heterocycles. The van der Waals surface area contributed by atoms with Crippen molar-refractivity contribution in [3.8, 4) is 0 Å². The Bertz CT molecular complexity index is 343. The molecular weight excluding hydrogens is 188 g/mol. The molecule has 14 heavy (non-hydrogen) atoms. The van der Waals surface area contributed by atoms with Crippen molar-refractivity contribution in [3.05, 3.63) is 44.2 Å². The van der Waals surface area contributed by atoms with Crippen LogP contribution in [0.15, 0.2) is 23.9 Å². The number of hydrogen-bond acceptors (Lipinski definition) is 4. The van der Waals surface area contributed by atoms with Gasteiger partial charge in [0.05, 0.1) is 16.4 Å². The summed E-state index contributed by atoms with van der Waals surface area (Å²) in [6.07, 6.45) is 3.89. The van der Waals surface area contributed by atoms with Crippen molar-refractivity contribution in [2.24, 2.45) is 5.41 Å². The van der Waals surface area contributed by atoms with E-state index in [4.69, 9.17) is 0 Å². The smallest absolute Gasteiger partial charge is 0.264 e. The Balaban J connectivity index is 3.07. The van der Waals surface area contributed by atoms with Crippen molar-refractivity contribution in [1.82, 2.24) is 0 Å². The largest absolute Gasteiger partial charge is 0.272 e. The summed E-state index contributed by atoms with van der Waals surface area (Å²) in [6, 6.07) is -1.03. The predicted octanol–water partition coefficient (Wildman–Crippen LogP) is 1.39. The monoisotopic (exact) mass is 198 g/mol. The van der Waals surface area contributed by atoms with E-state index in [1.165, 1.54) is 12.2 Å². The second-order valence-corrected chi connectivity index (χ2v) is 3.73. The van der Waals surface area contributed by atoms with Gasteiger partial charge in [-0.25, -0.2) is 0 Å². The van der Waals surface area contributed by atoms with Crippen molar-refractivity contribution >= 4 is 0 Å². The first-order chi connectivity index (χ1) is 6.34. The van der Waals surface area contributed by atoms with Gasteiger partial charge in [0, 0.05) is 11.0 Å². The minimum absolute atomic E-state index is 0.217. The van der Waals surface area contributed by atoms with Crippen LogP contribution in [0.1, 0.15) is 13.8 Å². The van der Waals surface area contributed by atoms with E-state index in [0.29, 0.717) is 0 Å². The van der Waals surface area contributed by atoms with Gasteiger partial charge in [-0.3, -0.25) is 20.2 Å². The molecule has 1 rings (SSSR count). The number of nitrogens with zero attached hydrogens (tertiary/aromatic N) is 2. The zero-order chi connectivity index (χ0) is 10.9. The van der Waals surface area contributed by atoms with Crippen molar-refractivity contribution in [2.45, 2.75) is 19.9 Å². The normalized spacial score (nSPS) is 24.1. The molecule has 0 saturated heterocycles. The maximum Gasteiger partial charge on any atom is 0.272 e. The van der Waals surface area contributed by atoms with E-state index in [9.17, 15) is 20.2 Å². The summed E-state index contributed by atoms with van der Waals surface area (Å²) in [5.41, 5.74) is -0.894. The Morgan fingerprint density at radius 3 is 2.36 bits per heavy atom. The molecule has 0 aromatic heterocycles. The molecule has 0 N–H and O–H groups in total. The Morgan fingerprint density at radius 1 is 1.36 bits per heavy atom. The second-order valence-electron chi connectivity index (χ2n) is 3.73. The first kappa shape index (κ1) is 10.4. The fraction of sp³-hybridized carbons (Fsp3) is 0.500. The van der Waals surface area contributed by atoms with Gasteiger partial charge in [-0.1, -0.05) is 6.08 Å². The molecule has 1 atom stereocenters. The standard InChI is InChI=1S/C8H10N2O4/c1-8(2)4-3-6(9(11)12)5-7(8)10(13)14/h3-5,7H,1-2H3. The number of hydrogen-bond donors (Lipinski definition) is 0. The highest BCUT2D eigenvalue weighted by Crippen LogP contribution is 2.30. The third-order valence-corrected chi connectivity index (χ3v) is 2.21. The van der Waals surface area contributed by atoms with E-state index in [1.807, 2.05) is 0 Å². The lowest BCUT2D eigenvalue weighted by molar-refractivity contribution is -0.526. The second kappa shape index (κ2) is 3.21. The molecule has 6 nitrogen and oxygen atoms in total. The zero-order valence-corrected chi connectivity index (χ0v) is 7.84. The van der Waals surface area contributed by atoms with Crippen molar-refractivity contribution in [1.29, 1.82) is 0 Å². The summed E-state index contributed by atoms with van der Waals surface area (Å²) >= 11 is 0. The van der Waals surface area contributed by atoms with Crippen LogP contribution in [0.4, 0.5) is 0 Å². The highest BCUT2D eigenvalue weighted by Gasteiger charge is 2.39. The Morgan fingerprint density at radius 2 is 1.93 bits per heavy atom. The summed E-state index contributed by atoms with van der Waals surface area (Å²) < 4.78 is 0. The van der Waals surface area contributed by atoms with Crippen molar-refractivity contribution in [3.63, 3.8) is 0 Å². The summed E-state index contributed by atoms with van der Waals surface area (Å²) in [5, 5.41) is 21.0. The van der Waals surface area contributed by atoms with E-state index < -0.39 is 21.3 Å². The van der Waals surface area contributed by atoms with Crippen LogP contribution in [0.5, 0.6) is 0 Å². The Labute approximate surface area is 80.2 Å². The van der Waals surface area contributed by atoms with Gasteiger partial charge in [0.1, 0.15) is 0 Å². The van der Waals surface area contributed by atoms with E-state index >= 15 is 0 Å². The molecule has 0 heterocycles. The van der Waals surface area contributed by atoms with Gasteiger partial charge in [-0.2, -0.15) is 0 Å². The molecule has 0 aromatic carbocycles. The summed E-state index contributed by atoms with van der Waals surface area (Å²) in [6.45, 7) is 3.34. The maximum atomic E-state index is 10.6. The molecule has 1 aliphatic carbocycles. The van der Waals surface area contributed by atoms with Crippen molar-refractivity contribution in [2.75, 3.05) is 0 Å². The third kappa shape index (κ3) is 1.78. The van der Waals surface area contributed by atoms with Crippen LogP contribution in [-0.4, -0.2) is 15.9 Å². The van der Waals surface area contributed by atoms with Gasteiger partial charge in [0.25, 0.3) is 5.70 Å². The van der Waals surface area contributed by atoms with Crippen LogP contribution in [-0.2, 0) is 0 Å². The van der Waals surface area contributed by atoms with Gasteiger partial charge in [-0.05, 0) is 13.8 Å². The molecule has 0 fully saturated rings. The maximum absolute atomic E-state index is 10.6. The average molecular weight is 198 g/mol. The van der Waals surface area contributed by atoms with Crippen LogP contribution in [0.25, 0.3) is 0 Å². The van der Waals surface area contributed by atoms with E-state index in [-0.39, 0.29) is 5.70 Å². The van der Waals surface area contributed by atoms with Gasteiger partial charge in [-0.15, -0.1) is 0 Å². The van der Waals surface area contributed by atoms with E-state index in [2.05, 4.69) is 0 Å². The average Bonchev–Trinajstić information content (AvgIpc) is 2.02. The first-order valence-electron chi connectivity index (χ1n) is 4.03. The Hall–Kier alpha value is -1.72. The molecule has 0 bridgehead atoms.